The van der Waals surface area contributed by atoms with E-state index >= 15 is 0 Å². The van der Waals surface area contributed by atoms with Crippen molar-refractivity contribution in [2.45, 2.75) is 6.92 Å². The van der Waals surface area contributed by atoms with Gasteiger partial charge in [0.1, 0.15) is 5.65 Å². The number of aromatic nitrogens is 2. The second-order valence-corrected chi connectivity index (χ2v) is 5.47. The van der Waals surface area contributed by atoms with Crippen molar-refractivity contribution in [3.8, 4) is 22.5 Å². The number of aryl methyl sites for hydroxylation is 1. The van der Waals surface area contributed by atoms with Gasteiger partial charge in [-0.05, 0) is 19.1 Å². The molecule has 106 valence electrons. The van der Waals surface area contributed by atoms with E-state index in [1.54, 1.807) is 0 Å². The topological polar surface area (TPSA) is 17.3 Å². The van der Waals surface area contributed by atoms with Crippen LogP contribution in [0.4, 0.5) is 0 Å². The Hall–Kier alpha value is -2.87. The Bertz CT molecular complexity index is 919. The third kappa shape index (κ3) is 2.09. The SMILES string of the molecule is Cc1ccc(-c2c(-c3ccccc3)nc3ccccn23)cc1. The fourth-order valence-electron chi connectivity index (χ4n) is 2.78. The van der Waals surface area contributed by atoms with Crippen LogP contribution >= 0.6 is 0 Å². The molecule has 0 saturated heterocycles. The fraction of sp³-hybridized carbons (Fsp3) is 0.0500. The number of nitrogens with zero attached hydrogens (tertiary/aromatic N) is 2. The Morgan fingerprint density at radius 2 is 1.45 bits per heavy atom. The summed E-state index contributed by atoms with van der Waals surface area (Å²) >= 11 is 0. The first-order valence-electron chi connectivity index (χ1n) is 7.42. The third-order valence-corrected chi connectivity index (χ3v) is 3.90. The van der Waals surface area contributed by atoms with E-state index < -0.39 is 0 Å². The van der Waals surface area contributed by atoms with Crippen molar-refractivity contribution in [3.05, 3.63) is 84.6 Å². The summed E-state index contributed by atoms with van der Waals surface area (Å²) in [4.78, 5) is 4.84. The highest BCUT2D eigenvalue weighted by molar-refractivity contribution is 5.82. The molecule has 0 unspecified atom stereocenters. The van der Waals surface area contributed by atoms with Crippen molar-refractivity contribution >= 4 is 5.65 Å². The normalized spacial score (nSPS) is 11.0. The van der Waals surface area contributed by atoms with Crippen LogP contribution in [0.5, 0.6) is 0 Å². The molecule has 4 rings (SSSR count). The summed E-state index contributed by atoms with van der Waals surface area (Å²) in [6.07, 6.45) is 2.07. The molecule has 0 saturated carbocycles. The van der Waals surface area contributed by atoms with Gasteiger partial charge in [0.25, 0.3) is 0 Å². The zero-order valence-corrected chi connectivity index (χ0v) is 12.4. The highest BCUT2D eigenvalue weighted by Crippen LogP contribution is 2.32. The second-order valence-electron chi connectivity index (χ2n) is 5.47. The summed E-state index contributed by atoms with van der Waals surface area (Å²) in [7, 11) is 0. The van der Waals surface area contributed by atoms with E-state index in [4.69, 9.17) is 4.98 Å². The van der Waals surface area contributed by atoms with Crippen molar-refractivity contribution in [1.82, 2.24) is 9.38 Å². The molecule has 0 bridgehead atoms. The zero-order chi connectivity index (χ0) is 14.9. The van der Waals surface area contributed by atoms with E-state index in [9.17, 15) is 0 Å². The second kappa shape index (κ2) is 5.15. The molecule has 0 fully saturated rings. The van der Waals surface area contributed by atoms with Gasteiger partial charge in [-0.1, -0.05) is 66.2 Å². The molecule has 2 nitrogen and oxygen atoms in total. The molecule has 0 aliphatic carbocycles. The lowest BCUT2D eigenvalue weighted by molar-refractivity contribution is 1.19. The molecule has 0 amide bonds. The summed E-state index contributed by atoms with van der Waals surface area (Å²) in [6, 6.07) is 25.1. The number of benzene rings is 2. The average molecular weight is 284 g/mol. The van der Waals surface area contributed by atoms with Gasteiger partial charge in [0.15, 0.2) is 0 Å². The monoisotopic (exact) mass is 284 g/mol. The van der Waals surface area contributed by atoms with Crippen molar-refractivity contribution < 1.29 is 0 Å². The molecule has 0 radical (unpaired) electrons. The Labute approximate surface area is 129 Å². The quantitative estimate of drug-likeness (QED) is 0.507. The van der Waals surface area contributed by atoms with Crippen LogP contribution in [0.1, 0.15) is 5.56 Å². The van der Waals surface area contributed by atoms with Crippen LogP contribution in [-0.2, 0) is 0 Å². The van der Waals surface area contributed by atoms with Crippen LogP contribution in [0.3, 0.4) is 0 Å². The number of imidazole rings is 1. The van der Waals surface area contributed by atoms with Gasteiger partial charge in [-0.25, -0.2) is 4.98 Å². The number of hydrogen-bond acceptors (Lipinski definition) is 1. The summed E-state index contributed by atoms with van der Waals surface area (Å²) in [5.74, 6) is 0. The minimum atomic E-state index is 0.969. The highest BCUT2D eigenvalue weighted by Gasteiger charge is 2.15. The highest BCUT2D eigenvalue weighted by atomic mass is 15.0. The molecule has 0 spiro atoms. The molecule has 0 atom stereocenters. The molecule has 0 aliphatic heterocycles. The Morgan fingerprint density at radius 3 is 2.23 bits per heavy atom. The minimum Gasteiger partial charge on any atom is -0.299 e. The molecular weight excluding hydrogens is 268 g/mol. The summed E-state index contributed by atoms with van der Waals surface area (Å²) in [6.45, 7) is 2.11. The van der Waals surface area contributed by atoms with E-state index in [2.05, 4.69) is 66.1 Å². The molecular formula is C20H16N2. The fourth-order valence-corrected chi connectivity index (χ4v) is 2.78. The van der Waals surface area contributed by atoms with Crippen LogP contribution in [-0.4, -0.2) is 9.38 Å². The van der Waals surface area contributed by atoms with E-state index in [1.165, 1.54) is 11.1 Å². The maximum atomic E-state index is 4.84. The van der Waals surface area contributed by atoms with Gasteiger partial charge in [0.2, 0.25) is 0 Å². The van der Waals surface area contributed by atoms with E-state index in [0.29, 0.717) is 0 Å². The lowest BCUT2D eigenvalue weighted by atomic mass is 10.0. The largest absolute Gasteiger partial charge is 0.299 e. The molecule has 4 aromatic rings. The van der Waals surface area contributed by atoms with Gasteiger partial charge in [-0.3, -0.25) is 4.40 Å². The van der Waals surface area contributed by atoms with E-state index in [1.807, 2.05) is 24.3 Å². The number of fused-ring (bicyclic) bond motifs is 1. The molecule has 2 heterocycles. The van der Waals surface area contributed by atoms with Gasteiger partial charge in [0.05, 0.1) is 11.4 Å². The summed E-state index contributed by atoms with van der Waals surface area (Å²) in [5, 5.41) is 0. The third-order valence-electron chi connectivity index (χ3n) is 3.90. The van der Waals surface area contributed by atoms with E-state index in [-0.39, 0.29) is 0 Å². The predicted molar refractivity (Wildman–Crippen MR) is 90.8 cm³/mol. The molecule has 0 N–H and O–H groups in total. The van der Waals surface area contributed by atoms with Crippen LogP contribution in [0.2, 0.25) is 0 Å². The summed E-state index contributed by atoms with van der Waals surface area (Å²) < 4.78 is 2.16. The van der Waals surface area contributed by atoms with Crippen molar-refractivity contribution in [1.29, 1.82) is 0 Å². The molecule has 2 heteroatoms. The molecule has 0 aliphatic rings. The molecule has 22 heavy (non-hydrogen) atoms. The first-order valence-corrected chi connectivity index (χ1v) is 7.42. The van der Waals surface area contributed by atoms with Crippen LogP contribution in [0.25, 0.3) is 28.2 Å². The van der Waals surface area contributed by atoms with E-state index in [0.717, 1.165) is 22.6 Å². The number of pyridine rings is 1. The first-order chi connectivity index (χ1) is 10.8. The zero-order valence-electron chi connectivity index (χ0n) is 12.4. The molecule has 2 aromatic heterocycles. The van der Waals surface area contributed by atoms with Gasteiger partial charge in [0, 0.05) is 17.3 Å². The average Bonchev–Trinajstić information content (AvgIpc) is 2.96. The van der Waals surface area contributed by atoms with Crippen LogP contribution < -0.4 is 0 Å². The van der Waals surface area contributed by atoms with Gasteiger partial charge >= 0.3 is 0 Å². The Balaban J connectivity index is 2.04. The van der Waals surface area contributed by atoms with Gasteiger partial charge in [-0.15, -0.1) is 0 Å². The number of rotatable bonds is 2. The Morgan fingerprint density at radius 1 is 0.727 bits per heavy atom. The van der Waals surface area contributed by atoms with Crippen molar-refractivity contribution in [2.75, 3.05) is 0 Å². The first kappa shape index (κ1) is 12.8. The number of hydrogen-bond donors (Lipinski definition) is 0. The maximum Gasteiger partial charge on any atom is 0.137 e. The van der Waals surface area contributed by atoms with Crippen LogP contribution in [0.15, 0.2) is 79.0 Å². The smallest absolute Gasteiger partial charge is 0.137 e. The van der Waals surface area contributed by atoms with Crippen molar-refractivity contribution in [3.63, 3.8) is 0 Å². The lowest BCUT2D eigenvalue weighted by Gasteiger charge is -2.06. The maximum absolute atomic E-state index is 4.84. The minimum absolute atomic E-state index is 0.969. The van der Waals surface area contributed by atoms with Crippen LogP contribution in [0, 0.1) is 6.92 Å². The Kier molecular flexibility index (Phi) is 3.01. The molecule has 2 aromatic carbocycles. The van der Waals surface area contributed by atoms with Gasteiger partial charge < -0.3 is 0 Å². The van der Waals surface area contributed by atoms with Gasteiger partial charge in [-0.2, -0.15) is 0 Å². The van der Waals surface area contributed by atoms with Crippen molar-refractivity contribution in [2.24, 2.45) is 0 Å². The lowest BCUT2D eigenvalue weighted by Crippen LogP contribution is -1.89. The standard InChI is InChI=1S/C20H16N2/c1-15-10-12-17(13-11-15)20-19(16-7-3-2-4-8-16)21-18-9-5-6-14-22(18)20/h2-14H,1H3. The predicted octanol–water partition coefficient (Wildman–Crippen LogP) is 4.98. The summed E-state index contributed by atoms with van der Waals surface area (Å²) in [5.41, 5.74) is 6.72.